The molecule has 1 aliphatic carbocycles. The van der Waals surface area contributed by atoms with E-state index >= 15 is 0 Å². The van der Waals surface area contributed by atoms with Crippen molar-refractivity contribution in [3.63, 3.8) is 0 Å². The van der Waals surface area contributed by atoms with Gasteiger partial charge in [0.2, 0.25) is 0 Å². The minimum absolute atomic E-state index is 0.423. The first-order chi connectivity index (χ1) is 8.33. The van der Waals surface area contributed by atoms with Crippen molar-refractivity contribution in [1.82, 2.24) is 0 Å². The molecule has 1 fully saturated rings. The van der Waals surface area contributed by atoms with E-state index < -0.39 is 0 Å². The Morgan fingerprint density at radius 1 is 1.12 bits per heavy atom. The van der Waals surface area contributed by atoms with E-state index in [9.17, 15) is 0 Å². The fourth-order valence-electron chi connectivity index (χ4n) is 2.57. The Balaban J connectivity index is 1.76. The van der Waals surface area contributed by atoms with Crippen LogP contribution >= 0.6 is 11.3 Å². The zero-order valence-corrected chi connectivity index (χ0v) is 10.7. The Hall–Kier alpha value is -1.06. The van der Waals surface area contributed by atoms with Crippen molar-refractivity contribution in [2.24, 2.45) is 5.73 Å². The zero-order chi connectivity index (χ0) is 11.7. The SMILES string of the molecule is NC1CCC(Nc2csc3ccccc23)CC1. The topological polar surface area (TPSA) is 38.0 Å². The third-order valence-electron chi connectivity index (χ3n) is 3.61. The van der Waals surface area contributed by atoms with Gasteiger partial charge in [-0.15, -0.1) is 11.3 Å². The maximum atomic E-state index is 5.94. The number of fused-ring (bicyclic) bond motifs is 1. The molecule has 2 aromatic rings. The van der Waals surface area contributed by atoms with Gasteiger partial charge in [0, 0.05) is 27.5 Å². The highest BCUT2D eigenvalue weighted by Gasteiger charge is 2.18. The lowest BCUT2D eigenvalue weighted by Gasteiger charge is -2.27. The average molecular weight is 246 g/mol. The monoisotopic (exact) mass is 246 g/mol. The van der Waals surface area contributed by atoms with Crippen LogP contribution in [0.1, 0.15) is 25.7 Å². The first-order valence-electron chi connectivity index (χ1n) is 6.31. The summed E-state index contributed by atoms with van der Waals surface area (Å²) in [6, 6.07) is 9.62. The molecule has 3 N–H and O–H groups in total. The van der Waals surface area contributed by atoms with E-state index in [1.54, 1.807) is 0 Å². The van der Waals surface area contributed by atoms with Gasteiger partial charge in [-0.1, -0.05) is 18.2 Å². The van der Waals surface area contributed by atoms with Crippen LogP contribution in [0, 0.1) is 0 Å². The highest BCUT2D eigenvalue weighted by atomic mass is 32.1. The van der Waals surface area contributed by atoms with E-state index in [4.69, 9.17) is 5.73 Å². The predicted octanol–water partition coefficient (Wildman–Crippen LogP) is 3.58. The summed E-state index contributed by atoms with van der Waals surface area (Å²) in [6.45, 7) is 0. The Bertz CT molecular complexity index is 498. The van der Waals surface area contributed by atoms with Crippen molar-refractivity contribution in [3.8, 4) is 0 Å². The Kier molecular flexibility index (Phi) is 3.04. The van der Waals surface area contributed by atoms with Crippen LogP contribution < -0.4 is 11.1 Å². The van der Waals surface area contributed by atoms with Crippen LogP contribution in [-0.2, 0) is 0 Å². The number of nitrogens with one attached hydrogen (secondary N) is 1. The summed E-state index contributed by atoms with van der Waals surface area (Å²) >= 11 is 1.82. The molecule has 0 bridgehead atoms. The minimum Gasteiger partial charge on any atom is -0.381 e. The van der Waals surface area contributed by atoms with E-state index in [0.29, 0.717) is 12.1 Å². The summed E-state index contributed by atoms with van der Waals surface area (Å²) in [5, 5.41) is 7.27. The van der Waals surface area contributed by atoms with Crippen molar-refractivity contribution in [1.29, 1.82) is 0 Å². The van der Waals surface area contributed by atoms with Gasteiger partial charge in [0.25, 0.3) is 0 Å². The summed E-state index contributed by atoms with van der Waals surface area (Å²) in [5.74, 6) is 0. The molecule has 0 spiro atoms. The number of nitrogens with two attached hydrogens (primary N) is 1. The van der Waals surface area contributed by atoms with E-state index in [1.807, 2.05) is 11.3 Å². The highest BCUT2D eigenvalue weighted by molar-refractivity contribution is 7.17. The molecular weight excluding hydrogens is 228 g/mol. The molecule has 0 atom stereocenters. The van der Waals surface area contributed by atoms with Gasteiger partial charge in [0.05, 0.1) is 5.69 Å². The number of hydrogen-bond acceptors (Lipinski definition) is 3. The molecule has 0 amide bonds. The van der Waals surface area contributed by atoms with Gasteiger partial charge in [0.1, 0.15) is 0 Å². The Labute approximate surface area is 106 Å². The molecule has 2 nitrogen and oxygen atoms in total. The molecule has 0 unspecified atom stereocenters. The van der Waals surface area contributed by atoms with Crippen LogP contribution in [0.3, 0.4) is 0 Å². The van der Waals surface area contributed by atoms with Crippen molar-refractivity contribution in [2.75, 3.05) is 5.32 Å². The second-order valence-corrected chi connectivity index (χ2v) is 5.81. The summed E-state index contributed by atoms with van der Waals surface area (Å²) in [7, 11) is 0. The molecule has 1 aromatic carbocycles. The number of hydrogen-bond donors (Lipinski definition) is 2. The van der Waals surface area contributed by atoms with E-state index in [2.05, 4.69) is 35.0 Å². The minimum atomic E-state index is 0.423. The molecule has 17 heavy (non-hydrogen) atoms. The van der Waals surface area contributed by atoms with Crippen molar-refractivity contribution >= 4 is 27.1 Å². The first-order valence-corrected chi connectivity index (χ1v) is 7.19. The van der Waals surface area contributed by atoms with Crippen LogP contribution in [0.2, 0.25) is 0 Å². The quantitative estimate of drug-likeness (QED) is 0.850. The van der Waals surface area contributed by atoms with Gasteiger partial charge < -0.3 is 11.1 Å². The molecule has 1 aromatic heterocycles. The fraction of sp³-hybridized carbons (Fsp3) is 0.429. The molecule has 1 heterocycles. The molecule has 1 saturated carbocycles. The third kappa shape index (κ3) is 2.31. The van der Waals surface area contributed by atoms with Gasteiger partial charge in [-0.2, -0.15) is 0 Å². The molecule has 3 heteroatoms. The normalized spacial score (nSPS) is 25.0. The van der Waals surface area contributed by atoms with Gasteiger partial charge in [-0.3, -0.25) is 0 Å². The molecule has 3 rings (SSSR count). The van der Waals surface area contributed by atoms with Crippen molar-refractivity contribution in [2.45, 2.75) is 37.8 Å². The summed E-state index contributed by atoms with van der Waals surface area (Å²) in [4.78, 5) is 0. The second-order valence-electron chi connectivity index (χ2n) is 4.90. The van der Waals surface area contributed by atoms with Crippen LogP contribution in [0.25, 0.3) is 10.1 Å². The van der Waals surface area contributed by atoms with Gasteiger partial charge in [-0.25, -0.2) is 0 Å². The summed E-state index contributed by atoms with van der Waals surface area (Å²) in [5.41, 5.74) is 7.23. The number of rotatable bonds is 2. The molecule has 1 aliphatic rings. The third-order valence-corrected chi connectivity index (χ3v) is 4.58. The Morgan fingerprint density at radius 2 is 1.88 bits per heavy atom. The zero-order valence-electron chi connectivity index (χ0n) is 9.86. The van der Waals surface area contributed by atoms with Crippen LogP contribution in [0.5, 0.6) is 0 Å². The molecule has 90 valence electrons. The van der Waals surface area contributed by atoms with Gasteiger partial charge >= 0.3 is 0 Å². The lowest BCUT2D eigenvalue weighted by molar-refractivity contribution is 0.411. The number of anilines is 1. The van der Waals surface area contributed by atoms with E-state index in [-0.39, 0.29) is 0 Å². The maximum Gasteiger partial charge on any atom is 0.0531 e. The number of benzene rings is 1. The second kappa shape index (κ2) is 4.67. The summed E-state index contributed by atoms with van der Waals surface area (Å²) in [6.07, 6.45) is 4.70. The van der Waals surface area contributed by atoms with Gasteiger partial charge in [-0.05, 0) is 31.7 Å². The van der Waals surface area contributed by atoms with Crippen LogP contribution in [0.15, 0.2) is 29.6 Å². The summed E-state index contributed by atoms with van der Waals surface area (Å²) < 4.78 is 1.36. The maximum absolute atomic E-state index is 5.94. The lowest BCUT2D eigenvalue weighted by Crippen LogP contribution is -2.32. The Morgan fingerprint density at radius 3 is 2.71 bits per heavy atom. The van der Waals surface area contributed by atoms with E-state index in [0.717, 1.165) is 12.8 Å². The smallest absolute Gasteiger partial charge is 0.0531 e. The largest absolute Gasteiger partial charge is 0.381 e. The van der Waals surface area contributed by atoms with Crippen molar-refractivity contribution < 1.29 is 0 Å². The fourth-order valence-corrected chi connectivity index (χ4v) is 3.47. The predicted molar refractivity (Wildman–Crippen MR) is 75.7 cm³/mol. The molecule has 0 aliphatic heterocycles. The highest BCUT2D eigenvalue weighted by Crippen LogP contribution is 2.32. The average Bonchev–Trinajstić information content (AvgIpc) is 2.76. The molecular formula is C14H18N2S. The van der Waals surface area contributed by atoms with E-state index in [1.165, 1.54) is 28.6 Å². The van der Waals surface area contributed by atoms with Gasteiger partial charge in [0.15, 0.2) is 0 Å². The number of thiophene rings is 1. The first kappa shape index (κ1) is 11.1. The van der Waals surface area contributed by atoms with Crippen molar-refractivity contribution in [3.05, 3.63) is 29.6 Å². The van der Waals surface area contributed by atoms with Crippen LogP contribution in [0.4, 0.5) is 5.69 Å². The van der Waals surface area contributed by atoms with Crippen LogP contribution in [-0.4, -0.2) is 12.1 Å². The lowest BCUT2D eigenvalue weighted by atomic mass is 9.91. The standard InChI is InChI=1S/C14H18N2S/c15-10-5-7-11(8-6-10)16-13-9-17-14-4-2-1-3-12(13)14/h1-4,9-11,16H,5-8,15H2. The molecule has 0 saturated heterocycles. The molecule has 0 radical (unpaired) electrons.